The molecule has 1 aliphatic rings. The number of aryl methyl sites for hydroxylation is 1. The molecule has 0 saturated carbocycles. The maximum Gasteiger partial charge on any atom is 0.416 e. The minimum absolute atomic E-state index is 0.0206. The standard InChI is InChI=1S/C20H21F3N4O3/c1-12-16(18(24)29)9-25-19(26-12)13-4-3-7-27(10-13)17(28)11-30-15-6-2-5-14(8-15)20(21,22)23/h2,5-6,8-9,13H,3-4,7,10-11H2,1H3,(H2,24,29)/t13-/m0/s1. The molecule has 7 nitrogen and oxygen atoms in total. The molecule has 2 amide bonds. The quantitative estimate of drug-likeness (QED) is 0.799. The number of likely N-dealkylation sites (tertiary alicyclic amines) is 1. The first-order valence-corrected chi connectivity index (χ1v) is 9.36. The van der Waals surface area contributed by atoms with Gasteiger partial charge in [-0.1, -0.05) is 6.07 Å². The first-order valence-electron chi connectivity index (χ1n) is 9.36. The van der Waals surface area contributed by atoms with Gasteiger partial charge in [-0.25, -0.2) is 9.97 Å². The number of aromatic nitrogens is 2. The Hall–Kier alpha value is -3.17. The van der Waals surface area contributed by atoms with E-state index in [0.29, 0.717) is 24.6 Å². The summed E-state index contributed by atoms with van der Waals surface area (Å²) >= 11 is 0. The maximum atomic E-state index is 12.8. The summed E-state index contributed by atoms with van der Waals surface area (Å²) in [5, 5.41) is 0. The molecule has 1 fully saturated rings. The van der Waals surface area contributed by atoms with Gasteiger partial charge in [0.15, 0.2) is 6.61 Å². The van der Waals surface area contributed by atoms with Gasteiger partial charge in [-0.15, -0.1) is 0 Å². The SMILES string of the molecule is Cc1nc([C@H]2CCCN(C(=O)COc3cccc(C(F)(F)F)c3)C2)ncc1C(N)=O. The van der Waals surface area contributed by atoms with Crippen LogP contribution in [0.25, 0.3) is 0 Å². The van der Waals surface area contributed by atoms with Gasteiger partial charge in [-0.3, -0.25) is 9.59 Å². The van der Waals surface area contributed by atoms with Crippen LogP contribution in [0.15, 0.2) is 30.5 Å². The molecule has 2 heterocycles. The van der Waals surface area contributed by atoms with Crippen LogP contribution < -0.4 is 10.5 Å². The first kappa shape index (κ1) is 21.5. The van der Waals surface area contributed by atoms with Crippen LogP contribution in [0.5, 0.6) is 5.75 Å². The van der Waals surface area contributed by atoms with Crippen LogP contribution in [-0.2, 0) is 11.0 Å². The molecule has 10 heteroatoms. The highest BCUT2D eigenvalue weighted by molar-refractivity contribution is 5.93. The smallest absolute Gasteiger partial charge is 0.416 e. The number of benzene rings is 1. The molecular formula is C20H21F3N4O3. The zero-order chi connectivity index (χ0) is 21.9. The highest BCUT2D eigenvalue weighted by Gasteiger charge is 2.31. The molecule has 0 spiro atoms. The molecule has 160 valence electrons. The third-order valence-electron chi connectivity index (χ3n) is 4.93. The summed E-state index contributed by atoms with van der Waals surface area (Å²) in [7, 11) is 0. The van der Waals surface area contributed by atoms with E-state index >= 15 is 0 Å². The van der Waals surface area contributed by atoms with Gasteiger partial charge in [-0.05, 0) is 38.0 Å². The molecule has 1 aromatic carbocycles. The Morgan fingerprint density at radius 2 is 2.10 bits per heavy atom. The molecule has 3 rings (SSSR count). The second-order valence-corrected chi connectivity index (χ2v) is 7.08. The van der Waals surface area contributed by atoms with Crippen molar-refractivity contribution >= 4 is 11.8 Å². The van der Waals surface area contributed by atoms with Crippen molar-refractivity contribution in [2.24, 2.45) is 5.73 Å². The van der Waals surface area contributed by atoms with E-state index in [0.717, 1.165) is 25.0 Å². The summed E-state index contributed by atoms with van der Waals surface area (Å²) in [6.07, 6.45) is -1.60. The number of ether oxygens (including phenoxy) is 1. The molecule has 2 aromatic rings. The molecule has 0 unspecified atom stereocenters. The number of carbonyl (C=O) groups is 2. The van der Waals surface area contributed by atoms with E-state index in [1.54, 1.807) is 11.8 Å². The van der Waals surface area contributed by atoms with Crippen LogP contribution in [0, 0.1) is 6.92 Å². The Morgan fingerprint density at radius 3 is 2.77 bits per heavy atom. The molecule has 0 radical (unpaired) electrons. The number of piperidine rings is 1. The Morgan fingerprint density at radius 1 is 1.33 bits per heavy atom. The van der Waals surface area contributed by atoms with Gasteiger partial charge in [-0.2, -0.15) is 13.2 Å². The average Bonchev–Trinajstić information content (AvgIpc) is 2.71. The molecule has 1 saturated heterocycles. The number of nitrogens with zero attached hydrogens (tertiary/aromatic N) is 3. The molecule has 0 aliphatic carbocycles. The van der Waals surface area contributed by atoms with Gasteiger partial charge in [0, 0.05) is 25.2 Å². The largest absolute Gasteiger partial charge is 0.484 e. The van der Waals surface area contributed by atoms with Gasteiger partial charge >= 0.3 is 6.18 Å². The van der Waals surface area contributed by atoms with Crippen molar-refractivity contribution < 1.29 is 27.5 Å². The van der Waals surface area contributed by atoms with E-state index in [4.69, 9.17) is 10.5 Å². The number of halogens is 3. The average molecular weight is 422 g/mol. The lowest BCUT2D eigenvalue weighted by Gasteiger charge is -2.32. The summed E-state index contributed by atoms with van der Waals surface area (Å²) in [5.74, 6) is -0.549. The molecule has 0 bridgehead atoms. The van der Waals surface area contributed by atoms with E-state index in [2.05, 4.69) is 9.97 Å². The van der Waals surface area contributed by atoms with Crippen LogP contribution in [0.1, 0.15) is 46.2 Å². The lowest BCUT2D eigenvalue weighted by molar-refractivity contribution is -0.137. The predicted octanol–water partition coefficient (Wildman–Crippen LogP) is 2.69. The minimum atomic E-state index is -4.48. The van der Waals surface area contributed by atoms with Crippen LogP contribution in [0.4, 0.5) is 13.2 Å². The van der Waals surface area contributed by atoms with E-state index in [1.165, 1.54) is 18.3 Å². The van der Waals surface area contributed by atoms with Crippen molar-refractivity contribution in [3.63, 3.8) is 0 Å². The van der Waals surface area contributed by atoms with E-state index in [1.807, 2.05) is 0 Å². The van der Waals surface area contributed by atoms with Gasteiger partial charge in [0.05, 0.1) is 16.8 Å². The summed E-state index contributed by atoms with van der Waals surface area (Å²) in [6, 6.07) is 4.41. The van der Waals surface area contributed by atoms with Crippen molar-refractivity contribution in [3.8, 4) is 5.75 Å². The zero-order valence-corrected chi connectivity index (χ0v) is 16.3. The fraction of sp³-hybridized carbons (Fsp3) is 0.400. The number of carbonyl (C=O) groups excluding carboxylic acids is 2. The number of amides is 2. The summed E-state index contributed by atoms with van der Waals surface area (Å²) in [6.45, 7) is 2.17. The summed E-state index contributed by atoms with van der Waals surface area (Å²) in [4.78, 5) is 34.0. The number of primary amides is 1. The van der Waals surface area contributed by atoms with Gasteiger partial charge in [0.25, 0.3) is 11.8 Å². The second-order valence-electron chi connectivity index (χ2n) is 7.08. The Balaban J connectivity index is 1.62. The van der Waals surface area contributed by atoms with Crippen LogP contribution in [0.2, 0.25) is 0 Å². The van der Waals surface area contributed by atoms with Crippen molar-refractivity contribution in [2.75, 3.05) is 19.7 Å². The monoisotopic (exact) mass is 422 g/mol. The fourth-order valence-electron chi connectivity index (χ4n) is 3.34. The van der Waals surface area contributed by atoms with Crippen molar-refractivity contribution in [3.05, 3.63) is 53.1 Å². The Kier molecular flexibility index (Phi) is 6.23. The molecule has 30 heavy (non-hydrogen) atoms. The van der Waals surface area contributed by atoms with Crippen LogP contribution in [0.3, 0.4) is 0 Å². The van der Waals surface area contributed by atoms with E-state index < -0.39 is 17.6 Å². The topological polar surface area (TPSA) is 98.4 Å². The van der Waals surface area contributed by atoms with Gasteiger partial charge in [0.2, 0.25) is 0 Å². The third kappa shape index (κ3) is 5.05. The lowest BCUT2D eigenvalue weighted by Crippen LogP contribution is -2.42. The molecule has 1 aliphatic heterocycles. The summed E-state index contributed by atoms with van der Waals surface area (Å²) in [5.41, 5.74) is 5.16. The van der Waals surface area contributed by atoms with E-state index in [-0.39, 0.29) is 29.7 Å². The Bertz CT molecular complexity index is 949. The van der Waals surface area contributed by atoms with Crippen molar-refractivity contribution in [1.29, 1.82) is 0 Å². The molecule has 1 aromatic heterocycles. The van der Waals surface area contributed by atoms with Crippen molar-refractivity contribution in [1.82, 2.24) is 14.9 Å². The number of hydrogen-bond donors (Lipinski definition) is 1. The first-order chi connectivity index (χ1) is 14.1. The molecule has 1 atom stereocenters. The normalized spacial score (nSPS) is 16.9. The summed E-state index contributed by atoms with van der Waals surface area (Å²) < 4.78 is 43.7. The number of alkyl halides is 3. The zero-order valence-electron chi connectivity index (χ0n) is 16.3. The minimum Gasteiger partial charge on any atom is -0.484 e. The number of rotatable bonds is 5. The highest BCUT2D eigenvalue weighted by atomic mass is 19.4. The van der Waals surface area contributed by atoms with E-state index in [9.17, 15) is 22.8 Å². The van der Waals surface area contributed by atoms with Crippen molar-refractivity contribution in [2.45, 2.75) is 31.9 Å². The number of hydrogen-bond acceptors (Lipinski definition) is 5. The Labute approximate surface area is 171 Å². The highest BCUT2D eigenvalue weighted by Crippen LogP contribution is 2.31. The molecule has 2 N–H and O–H groups in total. The maximum absolute atomic E-state index is 12.8. The fourth-order valence-corrected chi connectivity index (χ4v) is 3.34. The lowest BCUT2D eigenvalue weighted by atomic mass is 9.97. The van der Waals surface area contributed by atoms with Crippen LogP contribution >= 0.6 is 0 Å². The van der Waals surface area contributed by atoms with Gasteiger partial charge < -0.3 is 15.4 Å². The second kappa shape index (κ2) is 8.68. The molecular weight excluding hydrogens is 401 g/mol. The van der Waals surface area contributed by atoms with Gasteiger partial charge in [0.1, 0.15) is 11.6 Å². The predicted molar refractivity (Wildman–Crippen MR) is 101 cm³/mol. The third-order valence-corrected chi connectivity index (χ3v) is 4.93. The van der Waals surface area contributed by atoms with Crippen LogP contribution in [-0.4, -0.2) is 46.4 Å². The number of nitrogens with two attached hydrogens (primary N) is 1.